The topological polar surface area (TPSA) is 125 Å². The number of carbonyl (C=O) groups is 1. The van der Waals surface area contributed by atoms with Crippen LogP contribution in [0.1, 0.15) is 37.9 Å². The molecule has 5 rings (SSSR count). The number of hydrogen-bond donors (Lipinski definition) is 1. The van der Waals surface area contributed by atoms with Crippen LogP contribution in [0.4, 0.5) is 5.69 Å². The zero-order chi connectivity index (χ0) is 23.1. The summed E-state index contributed by atoms with van der Waals surface area (Å²) in [6.07, 6.45) is 7.21. The number of halogens is 1. The molecular formula is C22H18BrN5O4S. The molecule has 0 bridgehead atoms. The fourth-order valence-electron chi connectivity index (χ4n) is 4.06. The summed E-state index contributed by atoms with van der Waals surface area (Å²) in [6, 6.07) is 7.76. The van der Waals surface area contributed by atoms with Crippen LogP contribution in [-0.2, 0) is 4.79 Å². The Morgan fingerprint density at radius 2 is 2.03 bits per heavy atom. The van der Waals surface area contributed by atoms with E-state index in [2.05, 4.69) is 26.0 Å². The van der Waals surface area contributed by atoms with E-state index in [-0.39, 0.29) is 17.1 Å². The minimum absolute atomic E-state index is 0.0298. The first kappa shape index (κ1) is 21.8. The molecule has 1 fully saturated rings. The molecule has 3 heterocycles. The normalized spacial score (nSPS) is 20.2. The molecule has 1 aromatic heterocycles. The Morgan fingerprint density at radius 3 is 2.76 bits per heavy atom. The highest BCUT2D eigenvalue weighted by atomic mass is 79.9. The largest absolute Gasteiger partial charge is 0.457 e. The maximum Gasteiger partial charge on any atom is 0.283 e. The van der Waals surface area contributed by atoms with Gasteiger partial charge in [-0.15, -0.1) is 0 Å². The Kier molecular flexibility index (Phi) is 5.75. The number of nitrogens with zero attached hydrogens (tertiary/aromatic N) is 4. The Hall–Kier alpha value is -3.05. The summed E-state index contributed by atoms with van der Waals surface area (Å²) in [5.74, 6) is 0.661. The van der Waals surface area contributed by atoms with Crippen molar-refractivity contribution in [2.24, 2.45) is 16.0 Å². The summed E-state index contributed by atoms with van der Waals surface area (Å²) in [4.78, 5) is 27.3. The van der Waals surface area contributed by atoms with Gasteiger partial charge in [-0.25, -0.2) is 0 Å². The molecule has 1 amide bonds. The van der Waals surface area contributed by atoms with Crippen LogP contribution in [0.3, 0.4) is 0 Å². The van der Waals surface area contributed by atoms with Gasteiger partial charge in [-0.1, -0.05) is 19.3 Å². The van der Waals surface area contributed by atoms with Crippen molar-refractivity contribution >= 4 is 61.4 Å². The van der Waals surface area contributed by atoms with Gasteiger partial charge in [-0.05, 0) is 64.8 Å². The second kappa shape index (κ2) is 8.71. The number of carbonyl (C=O) groups excluding carboxylic acids is 1. The van der Waals surface area contributed by atoms with Crippen LogP contribution in [0.5, 0.6) is 0 Å². The number of furan rings is 1. The molecule has 2 aromatic rings. The number of fused-ring (bicyclic) bond motifs is 1. The number of benzene rings is 1. The quantitative estimate of drug-likeness (QED) is 0.303. The summed E-state index contributed by atoms with van der Waals surface area (Å²) in [5, 5.41) is 26.9. The van der Waals surface area contributed by atoms with Crippen LogP contribution in [0.2, 0.25) is 0 Å². The molecule has 33 heavy (non-hydrogen) atoms. The van der Waals surface area contributed by atoms with E-state index in [0.29, 0.717) is 32.6 Å². The van der Waals surface area contributed by atoms with Crippen LogP contribution < -0.4 is 0 Å². The van der Waals surface area contributed by atoms with E-state index in [9.17, 15) is 14.9 Å². The summed E-state index contributed by atoms with van der Waals surface area (Å²) >= 11 is 4.72. The van der Waals surface area contributed by atoms with Crippen LogP contribution >= 0.6 is 27.7 Å². The van der Waals surface area contributed by atoms with Crippen molar-refractivity contribution in [2.75, 3.05) is 0 Å². The van der Waals surface area contributed by atoms with Gasteiger partial charge in [0.15, 0.2) is 5.84 Å². The number of thioether (sulfide) groups is 1. The lowest BCUT2D eigenvalue weighted by atomic mass is 9.90. The molecule has 0 atom stereocenters. The first-order chi connectivity index (χ1) is 15.9. The molecule has 1 saturated carbocycles. The highest BCUT2D eigenvalue weighted by Gasteiger charge is 2.38. The second-order valence-corrected chi connectivity index (χ2v) is 9.76. The van der Waals surface area contributed by atoms with E-state index < -0.39 is 10.8 Å². The van der Waals surface area contributed by atoms with Crippen LogP contribution in [0.25, 0.3) is 17.4 Å². The fourth-order valence-corrected chi connectivity index (χ4v) is 5.68. The summed E-state index contributed by atoms with van der Waals surface area (Å²) in [7, 11) is 0. The number of nitro groups is 1. The van der Waals surface area contributed by atoms with E-state index in [1.807, 2.05) is 0 Å². The summed E-state index contributed by atoms with van der Waals surface area (Å²) in [6.45, 7) is 0. The molecule has 1 N–H and O–H groups in total. The molecule has 2 aliphatic heterocycles. The van der Waals surface area contributed by atoms with Crippen molar-refractivity contribution in [3.8, 4) is 11.3 Å². The Bertz CT molecular complexity index is 1280. The lowest BCUT2D eigenvalue weighted by molar-refractivity contribution is -0.384. The molecule has 0 spiro atoms. The minimum Gasteiger partial charge on any atom is -0.457 e. The number of hydrogen-bond acceptors (Lipinski definition) is 7. The number of nitrogens with one attached hydrogen (secondary N) is 1. The summed E-state index contributed by atoms with van der Waals surface area (Å²) < 4.78 is 6.36. The van der Waals surface area contributed by atoms with Gasteiger partial charge in [0.05, 0.1) is 10.5 Å². The third-order valence-corrected chi connectivity index (χ3v) is 7.49. The van der Waals surface area contributed by atoms with Crippen molar-refractivity contribution in [3.05, 3.63) is 56.3 Å². The van der Waals surface area contributed by atoms with Gasteiger partial charge in [0.1, 0.15) is 16.6 Å². The third kappa shape index (κ3) is 4.18. The van der Waals surface area contributed by atoms with Crippen LogP contribution in [0.15, 0.2) is 54.9 Å². The van der Waals surface area contributed by atoms with Crippen molar-refractivity contribution in [3.63, 3.8) is 0 Å². The third-order valence-electron chi connectivity index (χ3n) is 5.77. The molecule has 1 aliphatic carbocycles. The van der Waals surface area contributed by atoms with Crippen LogP contribution in [0, 0.1) is 21.4 Å². The van der Waals surface area contributed by atoms with Gasteiger partial charge in [-0.3, -0.25) is 20.3 Å². The first-order valence-electron chi connectivity index (χ1n) is 10.4. The standard InChI is InChI=1S/C22H18BrN5O4S/c23-17-10-13(28(30)31)6-8-15(17)18-9-7-14(32-18)11-16-19(24)27-22(25-20(16)29)33-21(26-27)12-4-2-1-3-5-12/h6-12,24H,1-5H2/b16-11+,24-19?. The highest BCUT2D eigenvalue weighted by Crippen LogP contribution is 2.37. The molecule has 0 radical (unpaired) electrons. The van der Waals surface area contributed by atoms with E-state index >= 15 is 0 Å². The molecule has 0 saturated heterocycles. The number of amidine groups is 2. The van der Waals surface area contributed by atoms with E-state index in [1.54, 1.807) is 18.2 Å². The minimum atomic E-state index is -0.506. The first-order valence-corrected chi connectivity index (χ1v) is 12.1. The maximum atomic E-state index is 12.7. The average Bonchev–Trinajstić information content (AvgIpc) is 3.44. The Balaban J connectivity index is 1.40. The van der Waals surface area contributed by atoms with Crippen LogP contribution in [-0.4, -0.2) is 31.9 Å². The zero-order valence-electron chi connectivity index (χ0n) is 17.3. The predicted molar refractivity (Wildman–Crippen MR) is 130 cm³/mol. The van der Waals surface area contributed by atoms with Crippen molar-refractivity contribution in [1.29, 1.82) is 5.41 Å². The Morgan fingerprint density at radius 1 is 1.24 bits per heavy atom. The number of non-ortho nitro benzene ring substituents is 1. The molecule has 3 aliphatic rings. The monoisotopic (exact) mass is 527 g/mol. The predicted octanol–water partition coefficient (Wildman–Crippen LogP) is 5.82. The van der Waals surface area contributed by atoms with Gasteiger partial charge in [0, 0.05) is 28.1 Å². The van der Waals surface area contributed by atoms with Gasteiger partial charge in [-0.2, -0.15) is 15.1 Å². The second-order valence-electron chi connectivity index (χ2n) is 7.92. The molecule has 168 valence electrons. The highest BCUT2D eigenvalue weighted by molar-refractivity contribution is 9.10. The maximum absolute atomic E-state index is 12.7. The molecule has 11 heteroatoms. The fraction of sp³-hybridized carbons (Fsp3) is 0.273. The van der Waals surface area contributed by atoms with Gasteiger partial charge >= 0.3 is 0 Å². The number of rotatable bonds is 4. The van der Waals surface area contributed by atoms with E-state index in [1.165, 1.54) is 54.2 Å². The van der Waals surface area contributed by atoms with Crippen molar-refractivity contribution in [2.45, 2.75) is 32.1 Å². The summed E-state index contributed by atoms with van der Waals surface area (Å²) in [5.41, 5.74) is 0.691. The lowest BCUT2D eigenvalue weighted by Gasteiger charge is -2.20. The zero-order valence-corrected chi connectivity index (χ0v) is 19.7. The lowest BCUT2D eigenvalue weighted by Crippen LogP contribution is -2.35. The smallest absolute Gasteiger partial charge is 0.283 e. The average molecular weight is 528 g/mol. The van der Waals surface area contributed by atoms with Crippen molar-refractivity contribution in [1.82, 2.24) is 5.01 Å². The van der Waals surface area contributed by atoms with Gasteiger partial charge in [0.25, 0.3) is 11.6 Å². The van der Waals surface area contributed by atoms with E-state index in [0.717, 1.165) is 17.9 Å². The number of amides is 1. The Labute approximate surface area is 201 Å². The van der Waals surface area contributed by atoms with E-state index in [4.69, 9.17) is 9.83 Å². The molecule has 0 unspecified atom stereocenters. The molecule has 9 nitrogen and oxygen atoms in total. The van der Waals surface area contributed by atoms with Gasteiger partial charge < -0.3 is 4.42 Å². The SMILES string of the molecule is N=C1/C(=C\c2ccc(-c3ccc([N+](=O)[O-])cc3Br)o2)C(=O)N=C2SC(C3CCCCC3)=NN12. The van der Waals surface area contributed by atoms with Crippen molar-refractivity contribution < 1.29 is 14.1 Å². The number of nitro benzene ring substituents is 1. The molecule has 1 aromatic carbocycles. The number of aliphatic imine (C=N–C) groups is 1. The van der Waals surface area contributed by atoms with Gasteiger partial charge in [0.2, 0.25) is 5.17 Å². The molecular weight excluding hydrogens is 510 g/mol. The number of hydrazone groups is 1.